The predicted octanol–water partition coefficient (Wildman–Crippen LogP) is 8.00. The third-order valence-corrected chi connectivity index (χ3v) is 8.19. The van der Waals surface area contributed by atoms with Crippen molar-refractivity contribution >= 4 is 11.7 Å². The van der Waals surface area contributed by atoms with Gasteiger partial charge in [-0.15, -0.1) is 0 Å². The number of hydrogen-bond acceptors (Lipinski definition) is 4. The van der Waals surface area contributed by atoms with Crippen LogP contribution in [0, 0.1) is 6.92 Å². The summed E-state index contributed by atoms with van der Waals surface area (Å²) >= 11 is 0. The molecule has 6 nitrogen and oxygen atoms in total. The second-order valence-electron chi connectivity index (χ2n) is 10.8. The first-order valence-corrected chi connectivity index (χ1v) is 14.0. The summed E-state index contributed by atoms with van der Waals surface area (Å²) in [5.41, 5.74) is 8.22. The van der Waals surface area contributed by atoms with Gasteiger partial charge in [-0.25, -0.2) is 9.78 Å². The van der Waals surface area contributed by atoms with Crippen LogP contribution in [-0.4, -0.2) is 20.5 Å². The quantitative estimate of drug-likeness (QED) is 0.257. The van der Waals surface area contributed by atoms with Crippen LogP contribution >= 0.6 is 0 Å². The van der Waals surface area contributed by atoms with Gasteiger partial charge in [-0.2, -0.15) is 0 Å². The first-order chi connectivity index (χ1) is 19.5. The lowest BCUT2D eigenvalue weighted by Crippen LogP contribution is -2.50. The average molecular weight is 531 g/mol. The van der Waals surface area contributed by atoms with Crippen LogP contribution in [0.15, 0.2) is 97.2 Å². The highest BCUT2D eigenvalue weighted by atomic mass is 16.6. The summed E-state index contributed by atoms with van der Waals surface area (Å²) in [5.74, 6) is 0.804. The second-order valence-corrected chi connectivity index (χ2v) is 10.8. The molecule has 202 valence electrons. The van der Waals surface area contributed by atoms with Crippen LogP contribution in [0.25, 0.3) is 28.0 Å². The van der Waals surface area contributed by atoms with Crippen molar-refractivity contribution in [3.05, 3.63) is 114 Å². The zero-order valence-electron chi connectivity index (χ0n) is 23.2. The molecule has 1 saturated carbocycles. The zero-order valence-corrected chi connectivity index (χ0v) is 23.2. The lowest BCUT2D eigenvalue weighted by molar-refractivity contribution is 0.132. The Kier molecular flexibility index (Phi) is 6.84. The second kappa shape index (κ2) is 10.6. The average Bonchev–Trinajstić information content (AvgIpc) is 3.36. The number of aromatic nitrogens is 3. The standard InChI is InChI=1S/C34H34N4O2/c1-4-24(3)40-33(39)37-34(17-9-18-34)29-15-13-25(14-16-29)30-31(26-10-6-5-7-11-26)38-22-28(20-23(2)32(38)36-30)27-12-8-19-35-21-27/h4-8,10,12-16,19-22,26H,9,11,17-18H2,1-3H3,(H,37,39)/b24-4+. The molecule has 3 aromatic heterocycles. The van der Waals surface area contributed by atoms with Crippen molar-refractivity contribution in [2.45, 2.75) is 57.9 Å². The normalized spacial score (nSPS) is 18.0. The molecule has 4 aromatic rings. The van der Waals surface area contributed by atoms with Crippen LogP contribution in [0.4, 0.5) is 4.79 Å². The SMILES string of the molecule is C/C=C(\C)OC(=O)NC1(c2ccc(-c3nc4c(C)cc(-c5cccnc5)cn4c3C3C=CC=CC3)cc2)CCC1. The van der Waals surface area contributed by atoms with E-state index in [4.69, 9.17) is 9.72 Å². The number of ether oxygens (including phenoxy) is 1. The molecule has 1 atom stereocenters. The summed E-state index contributed by atoms with van der Waals surface area (Å²) in [6.45, 7) is 5.76. The molecular weight excluding hydrogens is 496 g/mol. The Bertz CT molecular complexity index is 1640. The van der Waals surface area contributed by atoms with E-state index in [-0.39, 0.29) is 5.92 Å². The predicted molar refractivity (Wildman–Crippen MR) is 159 cm³/mol. The highest BCUT2D eigenvalue weighted by Crippen LogP contribution is 2.43. The lowest BCUT2D eigenvalue weighted by Gasteiger charge is -2.42. The van der Waals surface area contributed by atoms with Gasteiger partial charge in [0.25, 0.3) is 0 Å². The summed E-state index contributed by atoms with van der Waals surface area (Å²) < 4.78 is 7.66. The highest BCUT2D eigenvalue weighted by Gasteiger charge is 2.40. The van der Waals surface area contributed by atoms with Crippen LogP contribution in [-0.2, 0) is 10.3 Å². The molecule has 1 fully saturated rings. The molecule has 1 aromatic carbocycles. The van der Waals surface area contributed by atoms with Crippen molar-refractivity contribution in [2.24, 2.45) is 0 Å². The number of pyridine rings is 2. The van der Waals surface area contributed by atoms with Crippen LogP contribution in [0.3, 0.4) is 0 Å². The van der Waals surface area contributed by atoms with E-state index in [1.807, 2.05) is 19.2 Å². The first kappa shape index (κ1) is 25.8. The molecule has 1 N–H and O–H groups in total. The smallest absolute Gasteiger partial charge is 0.412 e. The van der Waals surface area contributed by atoms with E-state index >= 15 is 0 Å². The Morgan fingerprint density at radius 1 is 1.12 bits per heavy atom. The van der Waals surface area contributed by atoms with Crippen LogP contribution in [0.2, 0.25) is 0 Å². The molecule has 0 bridgehead atoms. The van der Waals surface area contributed by atoms with Gasteiger partial charge in [0.15, 0.2) is 0 Å². The van der Waals surface area contributed by atoms with Crippen molar-refractivity contribution in [1.82, 2.24) is 19.7 Å². The fourth-order valence-electron chi connectivity index (χ4n) is 5.76. The highest BCUT2D eigenvalue weighted by molar-refractivity contribution is 5.74. The minimum atomic E-state index is -0.404. The number of nitrogens with zero attached hydrogens (tertiary/aromatic N) is 3. The van der Waals surface area contributed by atoms with Crippen LogP contribution < -0.4 is 5.32 Å². The number of imidazole rings is 1. The molecule has 0 saturated heterocycles. The summed E-state index contributed by atoms with van der Waals surface area (Å²) in [6, 6.07) is 14.8. The number of amides is 1. The maximum atomic E-state index is 12.6. The Labute approximate surface area is 235 Å². The van der Waals surface area contributed by atoms with Gasteiger partial charge in [0, 0.05) is 41.2 Å². The van der Waals surface area contributed by atoms with E-state index in [9.17, 15) is 4.79 Å². The Hall–Kier alpha value is -4.45. The largest absolute Gasteiger partial charge is 0.416 e. The van der Waals surface area contributed by atoms with Gasteiger partial charge in [-0.3, -0.25) is 4.98 Å². The number of allylic oxidation sites excluding steroid dienone is 6. The van der Waals surface area contributed by atoms with Gasteiger partial charge in [0.1, 0.15) is 11.4 Å². The van der Waals surface area contributed by atoms with Gasteiger partial charge in [0.05, 0.1) is 16.9 Å². The molecule has 3 heterocycles. The van der Waals surface area contributed by atoms with Gasteiger partial charge in [-0.1, -0.05) is 54.6 Å². The topological polar surface area (TPSA) is 68.5 Å². The Morgan fingerprint density at radius 2 is 1.95 bits per heavy atom. The third kappa shape index (κ3) is 4.75. The van der Waals surface area contributed by atoms with Gasteiger partial charge < -0.3 is 14.5 Å². The minimum Gasteiger partial charge on any atom is -0.416 e. The number of carbonyl (C=O) groups excluding carboxylic acids is 1. The number of fused-ring (bicyclic) bond motifs is 1. The summed E-state index contributed by atoms with van der Waals surface area (Å²) in [6.07, 6.45) is 19.8. The molecule has 0 spiro atoms. The van der Waals surface area contributed by atoms with E-state index in [1.165, 1.54) is 5.69 Å². The molecule has 0 radical (unpaired) electrons. The molecule has 40 heavy (non-hydrogen) atoms. The lowest BCUT2D eigenvalue weighted by atomic mass is 9.71. The van der Waals surface area contributed by atoms with Gasteiger partial charge in [0.2, 0.25) is 0 Å². The molecule has 2 aliphatic carbocycles. The Balaban J connectivity index is 1.40. The van der Waals surface area contributed by atoms with Crippen molar-refractivity contribution in [2.75, 3.05) is 0 Å². The molecule has 0 aliphatic heterocycles. The summed E-state index contributed by atoms with van der Waals surface area (Å²) in [5, 5.41) is 3.14. The first-order valence-electron chi connectivity index (χ1n) is 14.0. The van der Waals surface area contributed by atoms with Crippen LogP contribution in [0.1, 0.15) is 62.3 Å². The number of aryl methyl sites for hydroxylation is 1. The van der Waals surface area contributed by atoms with E-state index in [1.54, 1.807) is 19.2 Å². The van der Waals surface area contributed by atoms with Crippen molar-refractivity contribution in [1.29, 1.82) is 0 Å². The van der Waals surface area contributed by atoms with Gasteiger partial charge >= 0.3 is 6.09 Å². The van der Waals surface area contributed by atoms with Crippen molar-refractivity contribution < 1.29 is 9.53 Å². The maximum absolute atomic E-state index is 12.6. The van der Waals surface area contributed by atoms with Crippen molar-refractivity contribution in [3.8, 4) is 22.4 Å². The van der Waals surface area contributed by atoms with E-state index in [2.05, 4.69) is 88.5 Å². The fourth-order valence-corrected chi connectivity index (χ4v) is 5.76. The van der Waals surface area contributed by atoms with E-state index < -0.39 is 11.6 Å². The maximum Gasteiger partial charge on any atom is 0.412 e. The molecular formula is C34H34N4O2. The molecule has 1 unspecified atom stereocenters. The number of benzene rings is 1. The summed E-state index contributed by atoms with van der Waals surface area (Å²) in [4.78, 5) is 22.1. The third-order valence-electron chi connectivity index (χ3n) is 8.19. The van der Waals surface area contributed by atoms with Crippen molar-refractivity contribution in [3.63, 3.8) is 0 Å². The zero-order chi connectivity index (χ0) is 27.7. The number of alkyl carbamates (subject to hydrolysis) is 1. The van der Waals surface area contributed by atoms with E-state index in [0.29, 0.717) is 5.76 Å². The Morgan fingerprint density at radius 3 is 2.60 bits per heavy atom. The molecule has 6 rings (SSSR count). The molecule has 2 aliphatic rings. The van der Waals surface area contributed by atoms with E-state index in [0.717, 1.165) is 64.8 Å². The summed E-state index contributed by atoms with van der Waals surface area (Å²) in [7, 11) is 0. The minimum absolute atomic E-state index is 0.211. The number of nitrogens with one attached hydrogen (secondary N) is 1. The number of hydrogen-bond donors (Lipinski definition) is 1. The van der Waals surface area contributed by atoms with Crippen LogP contribution in [0.5, 0.6) is 0 Å². The number of carbonyl (C=O) groups is 1. The number of rotatable bonds is 6. The molecule has 1 amide bonds. The molecule has 6 heteroatoms. The van der Waals surface area contributed by atoms with Gasteiger partial charge in [-0.05, 0) is 75.8 Å². The fraction of sp³-hybridized carbons (Fsp3) is 0.265. The monoisotopic (exact) mass is 530 g/mol.